The van der Waals surface area contributed by atoms with E-state index >= 15 is 0 Å². The smallest absolute Gasteiger partial charge is 0.151 e. The average Bonchev–Trinajstić information content (AvgIpc) is 1.82. The summed E-state index contributed by atoms with van der Waals surface area (Å²) in [6.45, 7) is 0. The maximum Gasteiger partial charge on any atom is 0.151 e. The Morgan fingerprint density at radius 3 is 2.25 bits per heavy atom. The van der Waals surface area contributed by atoms with Gasteiger partial charge in [0.1, 0.15) is 0 Å². The Kier molecular flexibility index (Phi) is 1.81. The van der Waals surface area contributed by atoms with E-state index in [1.165, 1.54) is 0 Å². The summed E-state index contributed by atoms with van der Waals surface area (Å²) in [5.74, 6) is 0.800. The Hall–Kier alpha value is 0.680. The highest BCUT2D eigenvalue weighted by molar-refractivity contribution is 14.1. The van der Waals surface area contributed by atoms with E-state index in [-0.39, 0.29) is 0 Å². The summed E-state index contributed by atoms with van der Waals surface area (Å²) in [6, 6.07) is 0. The van der Waals surface area contributed by atoms with Crippen LogP contribution < -0.4 is 0 Å². The van der Waals surface area contributed by atoms with Crippen LogP contribution in [0.4, 0.5) is 0 Å². The third-order valence-corrected chi connectivity index (χ3v) is 4.61. The molecule has 0 aliphatic carbocycles. The van der Waals surface area contributed by atoms with Gasteiger partial charge in [0.2, 0.25) is 0 Å². The molecule has 1 unspecified atom stereocenters. The molecule has 0 bridgehead atoms. The van der Waals surface area contributed by atoms with Crippen molar-refractivity contribution in [3.8, 4) is 0 Å². The molecule has 0 radical (unpaired) electrons. The first kappa shape index (κ1) is 6.80. The van der Waals surface area contributed by atoms with Gasteiger partial charge in [-0.1, -0.05) is 22.6 Å². The molecule has 1 aliphatic heterocycles. The molecular formula is C4H7IO2S. The third kappa shape index (κ3) is 1.58. The molecule has 1 aliphatic rings. The van der Waals surface area contributed by atoms with Crippen molar-refractivity contribution >= 4 is 32.4 Å². The van der Waals surface area contributed by atoms with Crippen LogP contribution in [0.15, 0.2) is 0 Å². The van der Waals surface area contributed by atoms with E-state index in [1.54, 1.807) is 0 Å². The van der Waals surface area contributed by atoms with Gasteiger partial charge < -0.3 is 0 Å². The summed E-state index contributed by atoms with van der Waals surface area (Å²) >= 11 is 2.18. The highest BCUT2D eigenvalue weighted by Crippen LogP contribution is 2.18. The standard InChI is InChI=1S/C4H7IO2S/c5-4-1-2-8(6,7)3-4/h4H,1-3H2. The van der Waals surface area contributed by atoms with Gasteiger partial charge in [0.15, 0.2) is 9.84 Å². The van der Waals surface area contributed by atoms with Crippen LogP contribution in [-0.4, -0.2) is 23.8 Å². The van der Waals surface area contributed by atoms with Gasteiger partial charge in [-0.2, -0.15) is 0 Å². The summed E-state index contributed by atoms with van der Waals surface area (Å²) in [6.07, 6.45) is 0.850. The molecule has 2 nitrogen and oxygen atoms in total. The van der Waals surface area contributed by atoms with E-state index in [0.29, 0.717) is 15.4 Å². The quantitative estimate of drug-likeness (QED) is 0.463. The number of rotatable bonds is 0. The van der Waals surface area contributed by atoms with Crippen molar-refractivity contribution in [1.29, 1.82) is 0 Å². The molecule has 1 fully saturated rings. The minimum Gasteiger partial charge on any atom is -0.229 e. The highest BCUT2D eigenvalue weighted by atomic mass is 127. The Morgan fingerprint density at radius 1 is 1.50 bits per heavy atom. The second kappa shape index (κ2) is 2.13. The molecule has 0 N–H and O–H groups in total. The molecule has 0 amide bonds. The zero-order valence-corrected chi connectivity index (χ0v) is 7.28. The van der Waals surface area contributed by atoms with Gasteiger partial charge in [0.05, 0.1) is 11.5 Å². The van der Waals surface area contributed by atoms with E-state index < -0.39 is 9.84 Å². The van der Waals surface area contributed by atoms with E-state index in [2.05, 4.69) is 22.6 Å². The number of hydrogen-bond acceptors (Lipinski definition) is 2. The van der Waals surface area contributed by atoms with Gasteiger partial charge in [-0.25, -0.2) is 8.42 Å². The Bertz CT molecular complexity index is 172. The fraction of sp³-hybridized carbons (Fsp3) is 1.00. The minimum atomic E-state index is -2.60. The molecule has 0 saturated carbocycles. The van der Waals surface area contributed by atoms with Crippen LogP contribution in [0.25, 0.3) is 0 Å². The number of sulfone groups is 1. The lowest BCUT2D eigenvalue weighted by molar-refractivity contribution is 0.602. The lowest BCUT2D eigenvalue weighted by Crippen LogP contribution is -2.02. The number of halogens is 1. The predicted octanol–water partition coefficient (Wildman–Crippen LogP) is 0.609. The van der Waals surface area contributed by atoms with Gasteiger partial charge in [0, 0.05) is 3.92 Å². The van der Waals surface area contributed by atoms with Crippen LogP contribution in [0.2, 0.25) is 0 Å². The van der Waals surface area contributed by atoms with Crippen molar-refractivity contribution in [2.45, 2.75) is 10.3 Å². The molecule has 1 heterocycles. The maximum atomic E-state index is 10.6. The lowest BCUT2D eigenvalue weighted by atomic mass is 10.4. The first-order valence-electron chi connectivity index (χ1n) is 2.45. The van der Waals surface area contributed by atoms with E-state index in [4.69, 9.17) is 0 Å². The van der Waals surface area contributed by atoms with Crippen molar-refractivity contribution in [1.82, 2.24) is 0 Å². The van der Waals surface area contributed by atoms with Crippen LogP contribution in [0.5, 0.6) is 0 Å². The predicted molar refractivity (Wildman–Crippen MR) is 41.1 cm³/mol. The Balaban J connectivity index is 2.71. The van der Waals surface area contributed by atoms with E-state index in [0.717, 1.165) is 6.42 Å². The Morgan fingerprint density at radius 2 is 2.12 bits per heavy atom. The van der Waals surface area contributed by atoms with Crippen LogP contribution >= 0.6 is 22.6 Å². The molecule has 8 heavy (non-hydrogen) atoms. The molecule has 1 rings (SSSR count). The molecule has 0 aromatic heterocycles. The second-order valence-electron chi connectivity index (χ2n) is 2.00. The normalized spacial score (nSPS) is 35.4. The first-order valence-corrected chi connectivity index (χ1v) is 5.51. The monoisotopic (exact) mass is 246 g/mol. The fourth-order valence-electron chi connectivity index (χ4n) is 0.750. The summed E-state index contributed by atoms with van der Waals surface area (Å²) < 4.78 is 21.6. The first-order chi connectivity index (χ1) is 3.60. The molecule has 48 valence electrons. The zero-order chi connectivity index (χ0) is 6.20. The van der Waals surface area contributed by atoms with Crippen molar-refractivity contribution in [3.05, 3.63) is 0 Å². The summed E-state index contributed by atoms with van der Waals surface area (Å²) in [5.41, 5.74) is 0. The molecule has 1 saturated heterocycles. The summed E-state index contributed by atoms with van der Waals surface area (Å²) in [4.78, 5) is 0. The molecule has 0 spiro atoms. The fourth-order valence-corrected chi connectivity index (χ4v) is 4.66. The Labute approximate surface area is 62.7 Å². The second-order valence-corrected chi connectivity index (χ2v) is 5.99. The van der Waals surface area contributed by atoms with E-state index in [1.807, 2.05) is 0 Å². The van der Waals surface area contributed by atoms with Gasteiger partial charge in [-0.05, 0) is 6.42 Å². The van der Waals surface area contributed by atoms with Crippen molar-refractivity contribution in [3.63, 3.8) is 0 Å². The van der Waals surface area contributed by atoms with Gasteiger partial charge in [0.25, 0.3) is 0 Å². The van der Waals surface area contributed by atoms with Crippen molar-refractivity contribution in [2.24, 2.45) is 0 Å². The van der Waals surface area contributed by atoms with Gasteiger partial charge in [-0.15, -0.1) is 0 Å². The molecule has 1 atom stereocenters. The molecule has 4 heteroatoms. The maximum absolute atomic E-state index is 10.6. The van der Waals surface area contributed by atoms with Crippen molar-refractivity contribution in [2.75, 3.05) is 11.5 Å². The van der Waals surface area contributed by atoms with Crippen molar-refractivity contribution < 1.29 is 8.42 Å². The van der Waals surface area contributed by atoms with Crippen LogP contribution in [-0.2, 0) is 9.84 Å². The number of alkyl halides is 1. The van der Waals surface area contributed by atoms with E-state index in [9.17, 15) is 8.42 Å². The zero-order valence-electron chi connectivity index (χ0n) is 4.30. The average molecular weight is 246 g/mol. The minimum absolute atomic E-state index is 0.373. The van der Waals surface area contributed by atoms with Gasteiger partial charge >= 0.3 is 0 Å². The SMILES string of the molecule is O=S1(=O)CCC(I)C1. The topological polar surface area (TPSA) is 34.1 Å². The molecule has 0 aromatic rings. The number of hydrogen-bond donors (Lipinski definition) is 0. The van der Waals surface area contributed by atoms with Crippen LogP contribution in [0.3, 0.4) is 0 Å². The highest BCUT2D eigenvalue weighted by Gasteiger charge is 2.24. The summed E-state index contributed by atoms with van der Waals surface area (Å²) in [7, 11) is -2.60. The van der Waals surface area contributed by atoms with Gasteiger partial charge in [-0.3, -0.25) is 0 Å². The largest absolute Gasteiger partial charge is 0.229 e. The van der Waals surface area contributed by atoms with Crippen LogP contribution in [0, 0.1) is 0 Å². The van der Waals surface area contributed by atoms with Crippen LogP contribution in [0.1, 0.15) is 6.42 Å². The lowest BCUT2D eigenvalue weighted by Gasteiger charge is -1.88. The third-order valence-electron chi connectivity index (χ3n) is 1.18. The molecule has 0 aromatic carbocycles. The summed E-state index contributed by atoms with van der Waals surface area (Å²) in [5, 5.41) is 0. The molecular weight excluding hydrogens is 239 g/mol.